The highest BCUT2D eigenvalue weighted by Gasteiger charge is 2.45. The van der Waals surface area contributed by atoms with Crippen LogP contribution in [0.4, 0.5) is 4.79 Å². The van der Waals surface area contributed by atoms with Crippen molar-refractivity contribution in [2.24, 2.45) is 0 Å². The van der Waals surface area contributed by atoms with Crippen LogP contribution in [0.5, 0.6) is 0 Å². The number of aryl methyl sites for hydroxylation is 1. The number of hydrogen-bond acceptors (Lipinski definition) is 3. The summed E-state index contributed by atoms with van der Waals surface area (Å²) in [5.41, 5.74) is 1.80. The highest BCUT2D eigenvalue weighted by Crippen LogP contribution is 2.27. The molecule has 0 radical (unpaired) electrons. The third kappa shape index (κ3) is 1.60. The fraction of sp³-hybridized carbons (Fsp3) is 0.583. The van der Waals surface area contributed by atoms with E-state index < -0.39 is 0 Å². The van der Waals surface area contributed by atoms with Crippen LogP contribution in [0.15, 0.2) is 6.20 Å². The number of nitrogens with one attached hydrogen (secondary N) is 1. The molecular formula is C12H16N4O2. The highest BCUT2D eigenvalue weighted by molar-refractivity contribution is 6.04. The van der Waals surface area contributed by atoms with Gasteiger partial charge in [-0.1, -0.05) is 0 Å². The smallest absolute Gasteiger partial charge is 0.312 e. The molecule has 6 heteroatoms. The van der Waals surface area contributed by atoms with Crippen LogP contribution in [-0.2, 0) is 11.3 Å². The maximum Gasteiger partial charge on any atom is 0.327 e. The minimum atomic E-state index is -0.224. The Bertz CT molecular complexity index is 472. The van der Waals surface area contributed by atoms with Crippen LogP contribution in [0, 0.1) is 6.92 Å². The Labute approximate surface area is 105 Å². The quantitative estimate of drug-likeness (QED) is 0.795. The lowest BCUT2D eigenvalue weighted by molar-refractivity contribution is -0.129. The molecule has 3 rings (SSSR count). The zero-order valence-corrected chi connectivity index (χ0v) is 10.3. The minimum absolute atomic E-state index is 0.0553. The molecule has 1 N–H and O–H groups in total. The zero-order valence-electron chi connectivity index (χ0n) is 10.3. The number of aromatic nitrogens is 2. The predicted octanol–water partition coefficient (Wildman–Crippen LogP) is 1.03. The van der Waals surface area contributed by atoms with E-state index >= 15 is 0 Å². The molecular weight excluding hydrogens is 232 g/mol. The molecule has 0 unspecified atom stereocenters. The number of hydrogen-bond donors (Lipinski definition) is 1. The van der Waals surface area contributed by atoms with E-state index in [1.54, 1.807) is 11.1 Å². The average Bonchev–Trinajstić information content (AvgIpc) is 2.89. The second-order valence-corrected chi connectivity index (χ2v) is 4.93. The first kappa shape index (κ1) is 11.3. The lowest BCUT2D eigenvalue weighted by Gasteiger charge is -2.26. The number of imide groups is 1. The summed E-state index contributed by atoms with van der Waals surface area (Å²) in [6, 6.07) is -0.372. The molecule has 0 aromatic carbocycles. The standard InChI is InChI=1S/C12H16N4O2/c1-8-9(6-13-14-8)7-16-11(17)10-4-2-3-5-15(10)12(16)18/h6,10H,2-5,7H2,1H3,(H,13,14)/t10-/m0/s1. The maximum absolute atomic E-state index is 12.2. The molecule has 18 heavy (non-hydrogen) atoms. The van der Waals surface area contributed by atoms with Gasteiger partial charge in [-0.25, -0.2) is 4.79 Å². The number of nitrogens with zero attached hydrogens (tertiary/aromatic N) is 3. The van der Waals surface area contributed by atoms with Crippen LogP contribution in [0.3, 0.4) is 0 Å². The number of amides is 3. The summed E-state index contributed by atoms with van der Waals surface area (Å²) in [5, 5.41) is 6.74. The van der Waals surface area contributed by atoms with Crippen molar-refractivity contribution in [2.75, 3.05) is 6.54 Å². The molecule has 0 aliphatic carbocycles. The molecule has 2 saturated heterocycles. The summed E-state index contributed by atoms with van der Waals surface area (Å²) in [6.07, 6.45) is 4.49. The Balaban J connectivity index is 1.82. The number of fused-ring (bicyclic) bond motifs is 1. The van der Waals surface area contributed by atoms with Crippen molar-refractivity contribution in [3.63, 3.8) is 0 Å². The number of carbonyl (C=O) groups is 2. The maximum atomic E-state index is 12.2. The third-order valence-electron chi connectivity index (χ3n) is 3.79. The number of piperidine rings is 1. The molecule has 2 aliphatic heterocycles. The molecule has 3 heterocycles. The normalized spacial score (nSPS) is 23.7. The fourth-order valence-electron chi connectivity index (χ4n) is 2.70. The summed E-state index contributed by atoms with van der Waals surface area (Å²) in [4.78, 5) is 27.5. The summed E-state index contributed by atoms with van der Waals surface area (Å²) in [7, 11) is 0. The topological polar surface area (TPSA) is 69.3 Å². The number of urea groups is 1. The number of rotatable bonds is 2. The van der Waals surface area contributed by atoms with E-state index in [0.29, 0.717) is 13.1 Å². The van der Waals surface area contributed by atoms with Crippen molar-refractivity contribution in [1.29, 1.82) is 0 Å². The SMILES string of the molecule is Cc1[nH]ncc1CN1C(=O)[C@@H]2CCCCN2C1=O. The number of carbonyl (C=O) groups excluding carboxylic acids is 2. The van der Waals surface area contributed by atoms with Gasteiger partial charge in [0.2, 0.25) is 0 Å². The van der Waals surface area contributed by atoms with Gasteiger partial charge in [0.1, 0.15) is 6.04 Å². The zero-order chi connectivity index (χ0) is 12.7. The van der Waals surface area contributed by atoms with Gasteiger partial charge in [-0.05, 0) is 26.2 Å². The van der Waals surface area contributed by atoms with Gasteiger partial charge >= 0.3 is 6.03 Å². The molecule has 2 fully saturated rings. The van der Waals surface area contributed by atoms with Gasteiger partial charge in [-0.3, -0.25) is 14.8 Å². The molecule has 0 bridgehead atoms. The van der Waals surface area contributed by atoms with Crippen LogP contribution < -0.4 is 0 Å². The van der Waals surface area contributed by atoms with Crippen LogP contribution in [-0.4, -0.2) is 44.5 Å². The molecule has 1 atom stereocenters. The van der Waals surface area contributed by atoms with E-state index in [0.717, 1.165) is 30.5 Å². The number of aromatic amines is 1. The molecule has 1 aromatic rings. The molecule has 0 saturated carbocycles. The van der Waals surface area contributed by atoms with E-state index in [4.69, 9.17) is 0 Å². The Hall–Kier alpha value is -1.85. The predicted molar refractivity (Wildman–Crippen MR) is 63.6 cm³/mol. The summed E-state index contributed by atoms with van der Waals surface area (Å²) < 4.78 is 0. The van der Waals surface area contributed by atoms with Crippen LogP contribution in [0.1, 0.15) is 30.5 Å². The highest BCUT2D eigenvalue weighted by atomic mass is 16.2. The van der Waals surface area contributed by atoms with Crippen molar-refractivity contribution in [1.82, 2.24) is 20.0 Å². The van der Waals surface area contributed by atoms with Crippen molar-refractivity contribution >= 4 is 11.9 Å². The van der Waals surface area contributed by atoms with Gasteiger partial charge < -0.3 is 4.90 Å². The molecule has 2 aliphatic rings. The summed E-state index contributed by atoms with van der Waals surface area (Å²) >= 11 is 0. The van der Waals surface area contributed by atoms with Gasteiger partial charge in [0.25, 0.3) is 5.91 Å². The molecule has 96 valence electrons. The largest absolute Gasteiger partial charge is 0.327 e. The van der Waals surface area contributed by atoms with Crippen molar-refractivity contribution in [3.05, 3.63) is 17.5 Å². The average molecular weight is 248 g/mol. The Morgan fingerprint density at radius 3 is 2.94 bits per heavy atom. The van der Waals surface area contributed by atoms with Gasteiger partial charge in [0, 0.05) is 17.8 Å². The fourth-order valence-corrected chi connectivity index (χ4v) is 2.70. The van der Waals surface area contributed by atoms with E-state index in [1.165, 1.54) is 4.90 Å². The summed E-state index contributed by atoms with van der Waals surface area (Å²) in [5.74, 6) is -0.0553. The van der Waals surface area contributed by atoms with Crippen LogP contribution in [0.25, 0.3) is 0 Å². The molecule has 6 nitrogen and oxygen atoms in total. The molecule has 0 spiro atoms. The third-order valence-corrected chi connectivity index (χ3v) is 3.79. The molecule has 3 amide bonds. The first-order valence-corrected chi connectivity index (χ1v) is 6.29. The number of H-pyrrole nitrogens is 1. The van der Waals surface area contributed by atoms with Gasteiger partial charge in [-0.2, -0.15) is 5.10 Å². The molecule has 1 aromatic heterocycles. The summed E-state index contributed by atoms with van der Waals surface area (Å²) in [6.45, 7) is 2.92. The monoisotopic (exact) mass is 248 g/mol. The van der Waals surface area contributed by atoms with E-state index in [1.807, 2.05) is 6.92 Å². The first-order valence-electron chi connectivity index (χ1n) is 6.29. The van der Waals surface area contributed by atoms with Crippen molar-refractivity contribution in [2.45, 2.75) is 38.8 Å². The van der Waals surface area contributed by atoms with E-state index in [2.05, 4.69) is 10.2 Å². The second-order valence-electron chi connectivity index (χ2n) is 4.93. The van der Waals surface area contributed by atoms with E-state index in [9.17, 15) is 9.59 Å². The lowest BCUT2D eigenvalue weighted by atomic mass is 10.0. The lowest BCUT2D eigenvalue weighted by Crippen LogP contribution is -2.38. The van der Waals surface area contributed by atoms with E-state index in [-0.39, 0.29) is 18.0 Å². The Morgan fingerprint density at radius 2 is 2.28 bits per heavy atom. The van der Waals surface area contributed by atoms with Gasteiger partial charge in [-0.15, -0.1) is 0 Å². The van der Waals surface area contributed by atoms with Crippen LogP contribution in [0.2, 0.25) is 0 Å². The van der Waals surface area contributed by atoms with Gasteiger partial charge in [0.05, 0.1) is 12.7 Å². The second kappa shape index (κ2) is 4.12. The first-order chi connectivity index (χ1) is 8.68. The van der Waals surface area contributed by atoms with Gasteiger partial charge in [0.15, 0.2) is 0 Å². The minimum Gasteiger partial charge on any atom is -0.312 e. The Morgan fingerprint density at radius 1 is 1.44 bits per heavy atom. The van der Waals surface area contributed by atoms with Crippen molar-refractivity contribution < 1.29 is 9.59 Å². The Kier molecular flexibility index (Phi) is 2.57. The van der Waals surface area contributed by atoms with Crippen LogP contribution >= 0.6 is 0 Å². The van der Waals surface area contributed by atoms with Crippen molar-refractivity contribution in [3.8, 4) is 0 Å².